The van der Waals surface area contributed by atoms with Gasteiger partial charge in [0.2, 0.25) is 12.1 Å². The zero-order chi connectivity index (χ0) is 37.3. The monoisotopic (exact) mass is 716 g/mol. The van der Waals surface area contributed by atoms with Crippen LogP contribution in [0, 0.1) is 35.0 Å². The lowest BCUT2D eigenvalue weighted by atomic mass is 9.82. The van der Waals surface area contributed by atoms with Crippen molar-refractivity contribution < 1.29 is 19.0 Å². The number of nitriles is 1. The third-order valence-corrected chi connectivity index (χ3v) is 9.73. The summed E-state index contributed by atoms with van der Waals surface area (Å²) < 4.78 is 17.1. The van der Waals surface area contributed by atoms with Crippen LogP contribution in [-0.4, -0.2) is 80.6 Å². The molecule has 5 rings (SSSR count). The molecule has 1 aliphatic heterocycles. The van der Waals surface area contributed by atoms with Crippen LogP contribution in [0.25, 0.3) is 11.3 Å². The lowest BCUT2D eigenvalue weighted by Crippen LogP contribution is -2.43. The first-order chi connectivity index (χ1) is 24.8. The van der Waals surface area contributed by atoms with Gasteiger partial charge in [-0.05, 0) is 102 Å². The van der Waals surface area contributed by atoms with Gasteiger partial charge in [-0.2, -0.15) is 5.26 Å². The van der Waals surface area contributed by atoms with E-state index in [-0.39, 0.29) is 24.5 Å². The van der Waals surface area contributed by atoms with Gasteiger partial charge in [0.1, 0.15) is 18.2 Å². The van der Waals surface area contributed by atoms with Crippen LogP contribution in [0.1, 0.15) is 97.7 Å². The molecule has 1 aliphatic carbocycles. The van der Waals surface area contributed by atoms with E-state index in [0.717, 1.165) is 67.0 Å². The topological polar surface area (TPSA) is 174 Å². The number of aromatic nitrogens is 6. The summed E-state index contributed by atoms with van der Waals surface area (Å²) in [4.78, 5) is 23.4. The Labute approximate surface area is 307 Å². The van der Waals surface area contributed by atoms with E-state index in [1.54, 1.807) is 0 Å². The number of rotatable bonds is 15. The molecule has 3 N–H and O–H groups in total. The largest absolute Gasteiger partial charge is 0.437 e. The highest BCUT2D eigenvalue weighted by Crippen LogP contribution is 2.31. The molecule has 3 aromatic heterocycles. The summed E-state index contributed by atoms with van der Waals surface area (Å²) >= 11 is 0. The number of ether oxygens (including phenoxy) is 3. The lowest BCUT2D eigenvalue weighted by Gasteiger charge is -2.32. The first-order valence-electron chi connectivity index (χ1n) is 18.6. The van der Waals surface area contributed by atoms with Crippen molar-refractivity contribution >= 4 is 17.6 Å². The van der Waals surface area contributed by atoms with Gasteiger partial charge in [-0.1, -0.05) is 19.9 Å². The molecule has 2 fully saturated rings. The zero-order valence-electron chi connectivity index (χ0n) is 31.8. The summed E-state index contributed by atoms with van der Waals surface area (Å²) in [6, 6.07) is 11.5. The minimum atomic E-state index is -0.634. The van der Waals surface area contributed by atoms with Gasteiger partial charge in [0.25, 0.3) is 0 Å². The molecule has 1 saturated heterocycles. The highest BCUT2D eigenvalue weighted by molar-refractivity contribution is 5.75. The number of tetrazole rings is 1. The van der Waals surface area contributed by atoms with E-state index >= 15 is 0 Å². The number of esters is 1. The van der Waals surface area contributed by atoms with Gasteiger partial charge >= 0.3 is 5.97 Å². The van der Waals surface area contributed by atoms with Gasteiger partial charge in [-0.15, -0.1) is 15.0 Å². The van der Waals surface area contributed by atoms with Gasteiger partial charge in [-0.25, -0.2) is 9.97 Å². The molecule has 0 aromatic carbocycles. The fraction of sp³-hybridized carbons (Fsp3) is 0.658. The molecule has 2 atom stereocenters. The molecule has 282 valence electrons. The average molecular weight is 717 g/mol. The predicted octanol–water partition coefficient (Wildman–Crippen LogP) is 5.83. The number of hydrogen-bond donors (Lipinski definition) is 3. The molecule has 14 heteroatoms. The zero-order valence-corrected chi connectivity index (χ0v) is 31.8. The quantitative estimate of drug-likeness (QED) is 0.160. The fourth-order valence-corrected chi connectivity index (χ4v) is 6.46. The van der Waals surface area contributed by atoms with Crippen LogP contribution in [0.15, 0.2) is 30.5 Å². The van der Waals surface area contributed by atoms with E-state index in [0.29, 0.717) is 44.3 Å². The van der Waals surface area contributed by atoms with Crippen LogP contribution >= 0.6 is 0 Å². The van der Waals surface area contributed by atoms with Crippen molar-refractivity contribution in [2.75, 3.05) is 37.0 Å². The van der Waals surface area contributed by atoms with E-state index in [1.807, 2.05) is 59.0 Å². The maximum Gasteiger partial charge on any atom is 0.313 e. The van der Waals surface area contributed by atoms with Gasteiger partial charge in [0, 0.05) is 55.6 Å². The molecular formula is C38H56N10O4. The predicted molar refractivity (Wildman–Crippen MR) is 198 cm³/mol. The SMILES string of the molecule is Cc1cnc(NC2CCC(N[C@H](C)COCc3nnn([C@H](OC(=O)C(C)(C)C)C(C)C)n3)CC2)cc1-c1cccc(NCC2(C#N)CCOCC2)n1. The van der Waals surface area contributed by atoms with Crippen molar-refractivity contribution in [3.8, 4) is 17.3 Å². The Morgan fingerprint density at radius 2 is 1.85 bits per heavy atom. The Balaban J connectivity index is 1.05. The summed E-state index contributed by atoms with van der Waals surface area (Å²) in [5, 5.41) is 33.3. The lowest BCUT2D eigenvalue weighted by molar-refractivity contribution is -0.169. The molecule has 0 radical (unpaired) electrons. The summed E-state index contributed by atoms with van der Waals surface area (Å²) in [7, 11) is 0. The summed E-state index contributed by atoms with van der Waals surface area (Å²) in [6.45, 7) is 16.0. The summed E-state index contributed by atoms with van der Waals surface area (Å²) in [5.41, 5.74) is 1.91. The van der Waals surface area contributed by atoms with Gasteiger partial charge in [0.15, 0.2) is 0 Å². The Bertz CT molecular complexity index is 1650. The number of nitrogens with one attached hydrogen (secondary N) is 3. The van der Waals surface area contributed by atoms with Crippen molar-refractivity contribution in [1.82, 2.24) is 35.5 Å². The van der Waals surface area contributed by atoms with Crippen LogP contribution in [-0.2, 0) is 25.6 Å². The first-order valence-corrected chi connectivity index (χ1v) is 18.6. The van der Waals surface area contributed by atoms with Gasteiger partial charge < -0.3 is 30.2 Å². The Hall–Kier alpha value is -4.19. The van der Waals surface area contributed by atoms with Crippen LogP contribution in [0.2, 0.25) is 0 Å². The number of pyridine rings is 2. The molecule has 4 heterocycles. The molecule has 0 unspecified atom stereocenters. The third kappa shape index (κ3) is 10.7. The smallest absolute Gasteiger partial charge is 0.313 e. The number of carbonyl (C=O) groups is 1. The second kappa shape index (κ2) is 17.6. The second-order valence-electron chi connectivity index (χ2n) is 15.7. The number of hydrogen-bond acceptors (Lipinski definition) is 13. The summed E-state index contributed by atoms with van der Waals surface area (Å²) in [6.07, 6.45) is 6.88. The van der Waals surface area contributed by atoms with Crippen molar-refractivity contribution in [2.24, 2.45) is 16.7 Å². The minimum absolute atomic E-state index is 0.0229. The van der Waals surface area contributed by atoms with Crippen LogP contribution < -0.4 is 16.0 Å². The minimum Gasteiger partial charge on any atom is -0.437 e. The number of aryl methyl sites for hydroxylation is 1. The molecule has 0 spiro atoms. The normalized spacial score (nSPS) is 20.1. The second-order valence-corrected chi connectivity index (χ2v) is 15.7. The molecule has 2 aliphatic rings. The molecular weight excluding hydrogens is 660 g/mol. The van der Waals surface area contributed by atoms with E-state index in [9.17, 15) is 10.1 Å². The number of carbonyl (C=O) groups excluding carboxylic acids is 1. The van der Waals surface area contributed by atoms with Crippen LogP contribution in [0.4, 0.5) is 11.6 Å². The van der Waals surface area contributed by atoms with E-state index in [1.165, 1.54) is 4.80 Å². The maximum atomic E-state index is 12.5. The maximum absolute atomic E-state index is 12.5. The van der Waals surface area contributed by atoms with E-state index in [4.69, 9.17) is 24.2 Å². The molecule has 0 amide bonds. The van der Waals surface area contributed by atoms with Crippen molar-refractivity contribution in [3.05, 3.63) is 41.9 Å². The molecule has 0 bridgehead atoms. The summed E-state index contributed by atoms with van der Waals surface area (Å²) in [5.74, 6) is 1.72. The van der Waals surface area contributed by atoms with Gasteiger partial charge in [0.05, 0.1) is 29.2 Å². The van der Waals surface area contributed by atoms with Crippen molar-refractivity contribution in [3.63, 3.8) is 0 Å². The first kappa shape index (κ1) is 39.0. The Morgan fingerprint density at radius 3 is 2.54 bits per heavy atom. The van der Waals surface area contributed by atoms with Crippen molar-refractivity contribution in [1.29, 1.82) is 5.26 Å². The fourth-order valence-electron chi connectivity index (χ4n) is 6.46. The van der Waals surface area contributed by atoms with Crippen molar-refractivity contribution in [2.45, 2.75) is 118 Å². The Morgan fingerprint density at radius 1 is 1.12 bits per heavy atom. The molecule has 14 nitrogen and oxygen atoms in total. The van der Waals surface area contributed by atoms with E-state index in [2.05, 4.69) is 57.3 Å². The van der Waals surface area contributed by atoms with Crippen LogP contribution in [0.3, 0.4) is 0 Å². The molecule has 52 heavy (non-hydrogen) atoms. The highest BCUT2D eigenvalue weighted by atomic mass is 16.6. The molecule has 3 aromatic rings. The van der Waals surface area contributed by atoms with E-state index < -0.39 is 17.1 Å². The third-order valence-electron chi connectivity index (χ3n) is 9.73. The number of anilines is 2. The standard InChI is InChI=1S/C38H56N10O4/c1-25(2)35(52-36(49)37(5,6)7)48-46-34(45-47-48)22-51-21-27(4)42-28-11-13-29(14-12-28)43-33-19-30(26(3)20-40-33)31-9-8-10-32(44-31)41-24-38(23-39)15-17-50-18-16-38/h8-10,19-20,25,27-29,35,42H,11-18,21-22,24H2,1-7H3,(H,40,43)(H,41,44)/t27-,28?,29?,35-/m1/s1. The number of nitrogens with zero attached hydrogens (tertiary/aromatic N) is 7. The average Bonchev–Trinajstić information content (AvgIpc) is 3.59. The van der Waals surface area contributed by atoms with Crippen LogP contribution in [0.5, 0.6) is 0 Å². The molecule has 1 saturated carbocycles. The highest BCUT2D eigenvalue weighted by Gasteiger charge is 2.33. The van der Waals surface area contributed by atoms with Gasteiger partial charge in [-0.3, -0.25) is 4.79 Å². The Kier molecular flexibility index (Phi) is 13.2.